The van der Waals surface area contributed by atoms with Gasteiger partial charge in [0, 0.05) is 17.1 Å². The Hall–Kier alpha value is -1.94. The van der Waals surface area contributed by atoms with Crippen molar-refractivity contribution in [2.75, 3.05) is 11.5 Å². The minimum atomic E-state index is 0.0300. The second-order valence-corrected chi connectivity index (χ2v) is 6.04. The van der Waals surface area contributed by atoms with Crippen molar-refractivity contribution in [1.29, 1.82) is 0 Å². The van der Waals surface area contributed by atoms with Crippen molar-refractivity contribution in [3.05, 3.63) is 59.2 Å². The van der Waals surface area contributed by atoms with Crippen LogP contribution in [-0.2, 0) is 11.3 Å². The summed E-state index contributed by atoms with van der Waals surface area (Å²) in [5.74, 6) is 0.429. The molecule has 0 atom stereocenters. The van der Waals surface area contributed by atoms with E-state index >= 15 is 0 Å². The molecular weight excluding hydrogens is 280 g/mol. The molecule has 0 aliphatic heterocycles. The standard InChI is InChI=1S/C17H20N2OS/c1-12-6-8-14(9-7-12)10-19-17(20)11-21-16-5-3-4-15(18)13(16)2/h3-9H,10-11,18H2,1-2H3,(H,19,20). The molecule has 0 aromatic heterocycles. The van der Waals surface area contributed by atoms with E-state index in [1.54, 1.807) is 0 Å². The van der Waals surface area contributed by atoms with Gasteiger partial charge in [0.15, 0.2) is 0 Å². The molecule has 0 saturated carbocycles. The molecule has 0 spiro atoms. The maximum atomic E-state index is 11.9. The zero-order valence-corrected chi connectivity index (χ0v) is 13.2. The molecule has 0 unspecified atom stereocenters. The van der Waals surface area contributed by atoms with E-state index in [4.69, 9.17) is 5.73 Å². The number of hydrogen-bond donors (Lipinski definition) is 2. The van der Waals surface area contributed by atoms with Gasteiger partial charge in [0.2, 0.25) is 5.91 Å². The van der Waals surface area contributed by atoms with Gasteiger partial charge in [-0.25, -0.2) is 0 Å². The number of nitrogens with one attached hydrogen (secondary N) is 1. The van der Waals surface area contributed by atoms with E-state index in [-0.39, 0.29) is 5.91 Å². The van der Waals surface area contributed by atoms with Crippen LogP contribution >= 0.6 is 11.8 Å². The van der Waals surface area contributed by atoms with E-state index in [9.17, 15) is 4.79 Å². The van der Waals surface area contributed by atoms with Crippen LogP contribution in [0, 0.1) is 13.8 Å². The highest BCUT2D eigenvalue weighted by atomic mass is 32.2. The summed E-state index contributed by atoms with van der Waals surface area (Å²) in [6.45, 7) is 4.59. The molecule has 1 amide bonds. The molecule has 0 radical (unpaired) electrons. The molecule has 0 fully saturated rings. The van der Waals surface area contributed by atoms with Crippen LogP contribution < -0.4 is 11.1 Å². The van der Waals surface area contributed by atoms with Crippen molar-refractivity contribution >= 4 is 23.4 Å². The van der Waals surface area contributed by atoms with E-state index < -0.39 is 0 Å². The fraction of sp³-hybridized carbons (Fsp3) is 0.235. The number of thioether (sulfide) groups is 1. The van der Waals surface area contributed by atoms with Crippen LogP contribution in [0.4, 0.5) is 5.69 Å². The zero-order chi connectivity index (χ0) is 15.2. The van der Waals surface area contributed by atoms with E-state index in [2.05, 4.69) is 5.32 Å². The van der Waals surface area contributed by atoms with Gasteiger partial charge in [-0.1, -0.05) is 35.9 Å². The van der Waals surface area contributed by atoms with Gasteiger partial charge < -0.3 is 11.1 Å². The summed E-state index contributed by atoms with van der Waals surface area (Å²) in [5.41, 5.74) is 9.99. The Kier molecular flexibility index (Phi) is 5.28. The summed E-state index contributed by atoms with van der Waals surface area (Å²) in [4.78, 5) is 12.9. The van der Waals surface area contributed by atoms with Crippen molar-refractivity contribution in [3.63, 3.8) is 0 Å². The van der Waals surface area contributed by atoms with Gasteiger partial charge in [-0.2, -0.15) is 0 Å². The molecule has 0 aliphatic rings. The second-order valence-electron chi connectivity index (χ2n) is 5.02. The van der Waals surface area contributed by atoms with Gasteiger partial charge in [0.1, 0.15) is 0 Å². The van der Waals surface area contributed by atoms with Gasteiger partial charge in [-0.3, -0.25) is 4.79 Å². The predicted octanol–water partition coefficient (Wildman–Crippen LogP) is 3.29. The van der Waals surface area contributed by atoms with Crippen LogP contribution in [-0.4, -0.2) is 11.7 Å². The summed E-state index contributed by atoms with van der Waals surface area (Å²) in [6.07, 6.45) is 0. The Balaban J connectivity index is 1.82. The number of amides is 1. The van der Waals surface area contributed by atoms with Crippen LogP contribution in [0.3, 0.4) is 0 Å². The summed E-state index contributed by atoms with van der Waals surface area (Å²) in [5, 5.41) is 2.93. The van der Waals surface area contributed by atoms with E-state index in [1.165, 1.54) is 17.3 Å². The maximum Gasteiger partial charge on any atom is 0.230 e. The largest absolute Gasteiger partial charge is 0.398 e. The first-order valence-corrected chi connectivity index (χ1v) is 7.85. The first kappa shape index (κ1) is 15.4. The molecule has 0 bridgehead atoms. The molecule has 0 heterocycles. The second kappa shape index (κ2) is 7.18. The number of carbonyl (C=O) groups excluding carboxylic acids is 1. The zero-order valence-electron chi connectivity index (χ0n) is 12.3. The molecule has 2 rings (SSSR count). The Morgan fingerprint density at radius 2 is 1.86 bits per heavy atom. The molecular formula is C17H20N2OS. The summed E-state index contributed by atoms with van der Waals surface area (Å²) in [7, 11) is 0. The number of nitrogen functional groups attached to an aromatic ring is 1. The van der Waals surface area contributed by atoms with E-state index in [1.807, 2.05) is 56.3 Å². The molecule has 0 saturated heterocycles. The molecule has 110 valence electrons. The Morgan fingerprint density at radius 3 is 2.57 bits per heavy atom. The van der Waals surface area contributed by atoms with Gasteiger partial charge in [0.25, 0.3) is 0 Å². The lowest BCUT2D eigenvalue weighted by Crippen LogP contribution is -2.24. The lowest BCUT2D eigenvalue weighted by Gasteiger charge is -2.08. The Labute approximate surface area is 129 Å². The third-order valence-corrected chi connectivity index (χ3v) is 4.45. The third kappa shape index (κ3) is 4.53. The molecule has 2 aromatic rings. The van der Waals surface area contributed by atoms with Crippen molar-refractivity contribution < 1.29 is 4.79 Å². The first-order chi connectivity index (χ1) is 10.1. The first-order valence-electron chi connectivity index (χ1n) is 6.86. The number of carbonyl (C=O) groups is 1. The highest BCUT2D eigenvalue weighted by Crippen LogP contribution is 2.25. The Morgan fingerprint density at radius 1 is 1.14 bits per heavy atom. The SMILES string of the molecule is Cc1ccc(CNC(=O)CSc2cccc(N)c2C)cc1. The molecule has 4 heteroatoms. The molecule has 3 N–H and O–H groups in total. The van der Waals surface area contributed by atoms with Gasteiger partial charge >= 0.3 is 0 Å². The number of benzene rings is 2. The number of aryl methyl sites for hydroxylation is 1. The molecule has 21 heavy (non-hydrogen) atoms. The quantitative estimate of drug-likeness (QED) is 0.658. The molecule has 2 aromatic carbocycles. The van der Waals surface area contributed by atoms with Gasteiger partial charge in [-0.05, 0) is 37.1 Å². The maximum absolute atomic E-state index is 11.9. The van der Waals surface area contributed by atoms with Crippen LogP contribution in [0.25, 0.3) is 0 Å². The van der Waals surface area contributed by atoms with Crippen molar-refractivity contribution in [2.45, 2.75) is 25.3 Å². The molecule has 3 nitrogen and oxygen atoms in total. The van der Waals surface area contributed by atoms with Gasteiger partial charge in [0.05, 0.1) is 5.75 Å². The average molecular weight is 300 g/mol. The van der Waals surface area contributed by atoms with Crippen LogP contribution in [0.1, 0.15) is 16.7 Å². The minimum absolute atomic E-state index is 0.0300. The van der Waals surface area contributed by atoms with Crippen molar-refractivity contribution in [2.24, 2.45) is 0 Å². The highest BCUT2D eigenvalue weighted by Gasteiger charge is 2.06. The van der Waals surface area contributed by atoms with Gasteiger partial charge in [-0.15, -0.1) is 11.8 Å². The van der Waals surface area contributed by atoms with Crippen LogP contribution in [0.15, 0.2) is 47.4 Å². The van der Waals surface area contributed by atoms with Crippen molar-refractivity contribution in [3.8, 4) is 0 Å². The number of rotatable bonds is 5. The predicted molar refractivity (Wildman–Crippen MR) is 89.3 cm³/mol. The summed E-state index contributed by atoms with van der Waals surface area (Å²) < 4.78 is 0. The lowest BCUT2D eigenvalue weighted by atomic mass is 10.1. The lowest BCUT2D eigenvalue weighted by molar-refractivity contribution is -0.118. The average Bonchev–Trinajstić information content (AvgIpc) is 2.48. The fourth-order valence-electron chi connectivity index (χ4n) is 1.89. The highest BCUT2D eigenvalue weighted by molar-refractivity contribution is 8.00. The number of hydrogen-bond acceptors (Lipinski definition) is 3. The van der Waals surface area contributed by atoms with Crippen LogP contribution in [0.5, 0.6) is 0 Å². The molecule has 0 aliphatic carbocycles. The third-order valence-electron chi connectivity index (χ3n) is 3.30. The van der Waals surface area contributed by atoms with Crippen molar-refractivity contribution in [1.82, 2.24) is 5.32 Å². The topological polar surface area (TPSA) is 55.1 Å². The summed E-state index contributed by atoms with van der Waals surface area (Å²) in [6, 6.07) is 13.9. The summed E-state index contributed by atoms with van der Waals surface area (Å²) >= 11 is 1.51. The van der Waals surface area contributed by atoms with E-state index in [0.717, 1.165) is 21.7 Å². The Bertz CT molecular complexity index is 623. The van der Waals surface area contributed by atoms with Crippen LogP contribution in [0.2, 0.25) is 0 Å². The monoisotopic (exact) mass is 300 g/mol. The van der Waals surface area contributed by atoms with E-state index in [0.29, 0.717) is 12.3 Å². The smallest absolute Gasteiger partial charge is 0.230 e. The minimum Gasteiger partial charge on any atom is -0.398 e. The fourth-order valence-corrected chi connectivity index (χ4v) is 2.79. The number of nitrogens with two attached hydrogens (primary N) is 1. The number of anilines is 1. The normalized spacial score (nSPS) is 10.4.